The van der Waals surface area contributed by atoms with Gasteiger partial charge in [-0.2, -0.15) is 0 Å². The van der Waals surface area contributed by atoms with Crippen LogP contribution in [0.3, 0.4) is 0 Å². The van der Waals surface area contributed by atoms with Gasteiger partial charge in [0.1, 0.15) is 0 Å². The second kappa shape index (κ2) is 10.1. The van der Waals surface area contributed by atoms with Crippen LogP contribution in [0.2, 0.25) is 5.02 Å². The van der Waals surface area contributed by atoms with Crippen molar-refractivity contribution < 1.29 is 8.42 Å². The van der Waals surface area contributed by atoms with Crippen molar-refractivity contribution in [2.45, 2.75) is 37.2 Å². The van der Waals surface area contributed by atoms with Gasteiger partial charge in [-0.1, -0.05) is 53.3 Å². The molecule has 1 saturated heterocycles. The van der Waals surface area contributed by atoms with Crippen LogP contribution in [0.5, 0.6) is 0 Å². The molecule has 6 nitrogen and oxygen atoms in total. The van der Waals surface area contributed by atoms with E-state index in [-0.39, 0.29) is 16.3 Å². The number of fused-ring (bicyclic) bond motifs is 1. The van der Waals surface area contributed by atoms with Gasteiger partial charge in [-0.15, -0.1) is 0 Å². The highest BCUT2D eigenvalue weighted by molar-refractivity contribution is 7.89. The molecular formula is C26H26ClN3O3S2. The Morgan fingerprint density at radius 1 is 0.943 bits per heavy atom. The summed E-state index contributed by atoms with van der Waals surface area (Å²) in [6.07, 6.45) is 3.71. The van der Waals surface area contributed by atoms with E-state index in [4.69, 9.17) is 11.6 Å². The summed E-state index contributed by atoms with van der Waals surface area (Å²) in [6.45, 7) is 2.67. The molecule has 1 fully saturated rings. The second-order valence-electron chi connectivity index (χ2n) is 8.71. The molecule has 9 heteroatoms. The first-order valence-corrected chi connectivity index (χ1v) is 14.3. The molecule has 4 aromatic rings. The van der Waals surface area contributed by atoms with Crippen LogP contribution in [0, 0.1) is 0 Å². The highest BCUT2D eigenvalue weighted by Gasteiger charge is 2.18. The molecular weight excluding hydrogens is 502 g/mol. The molecule has 1 N–H and O–H groups in total. The smallest absolute Gasteiger partial charge is 0.308 e. The van der Waals surface area contributed by atoms with Crippen molar-refractivity contribution >= 4 is 48.9 Å². The largest absolute Gasteiger partial charge is 0.372 e. The highest BCUT2D eigenvalue weighted by Crippen LogP contribution is 2.25. The minimum Gasteiger partial charge on any atom is -0.372 e. The fourth-order valence-electron chi connectivity index (χ4n) is 4.40. The third-order valence-corrected chi connectivity index (χ3v) is 9.07. The van der Waals surface area contributed by atoms with Gasteiger partial charge in [-0.05, 0) is 66.8 Å². The Balaban J connectivity index is 1.31. The van der Waals surface area contributed by atoms with Crippen LogP contribution in [0.1, 0.15) is 30.4 Å². The van der Waals surface area contributed by atoms with Gasteiger partial charge in [0.25, 0.3) is 0 Å². The number of nitrogens with zero attached hydrogens (tertiary/aromatic N) is 2. The number of sulfonamides is 1. The minimum absolute atomic E-state index is 0.140. The molecule has 0 radical (unpaired) electrons. The second-order valence-corrected chi connectivity index (χ2v) is 11.9. The Hall–Kier alpha value is -2.65. The third-order valence-electron chi connectivity index (χ3n) is 6.36. The third kappa shape index (κ3) is 5.30. The van der Waals surface area contributed by atoms with E-state index in [1.807, 2.05) is 30.3 Å². The summed E-state index contributed by atoms with van der Waals surface area (Å²) in [5, 5.41) is 0.589. The number of rotatable bonds is 7. The Kier molecular flexibility index (Phi) is 6.98. The zero-order valence-electron chi connectivity index (χ0n) is 19.1. The fourth-order valence-corrected chi connectivity index (χ4v) is 6.64. The summed E-state index contributed by atoms with van der Waals surface area (Å²) in [5.74, 6) is 0. The van der Waals surface area contributed by atoms with E-state index in [0.29, 0.717) is 21.8 Å². The number of aromatic nitrogens is 1. The van der Waals surface area contributed by atoms with Crippen LogP contribution in [0.4, 0.5) is 5.69 Å². The molecule has 1 aliphatic rings. The summed E-state index contributed by atoms with van der Waals surface area (Å²) in [5.41, 5.74) is 3.59. The molecule has 0 amide bonds. The van der Waals surface area contributed by atoms with Crippen LogP contribution in [-0.2, 0) is 23.1 Å². The van der Waals surface area contributed by atoms with Crippen molar-refractivity contribution in [1.82, 2.24) is 9.29 Å². The first-order valence-electron chi connectivity index (χ1n) is 11.6. The molecule has 0 aliphatic carbocycles. The molecule has 35 heavy (non-hydrogen) atoms. The number of piperidine rings is 1. The number of anilines is 1. The average Bonchev–Trinajstić information content (AvgIpc) is 3.19. The number of benzene rings is 3. The SMILES string of the molecule is O=c1sc2cc(S(=O)(=O)NCc3ccc(N4CCCCC4)cc3)ccc2n1Cc1ccccc1Cl. The van der Waals surface area contributed by atoms with Gasteiger partial charge in [0.2, 0.25) is 10.0 Å². The molecule has 1 aliphatic heterocycles. The Bertz CT molecular complexity index is 1510. The molecule has 1 aromatic heterocycles. The van der Waals surface area contributed by atoms with Gasteiger partial charge in [0.15, 0.2) is 0 Å². The Labute approximate surface area is 213 Å². The summed E-state index contributed by atoms with van der Waals surface area (Å²) in [4.78, 5) is 15.0. The van der Waals surface area contributed by atoms with Crippen molar-refractivity contribution in [2.24, 2.45) is 0 Å². The molecule has 182 valence electrons. The molecule has 0 bridgehead atoms. The van der Waals surface area contributed by atoms with Gasteiger partial charge in [0, 0.05) is 30.3 Å². The van der Waals surface area contributed by atoms with E-state index in [1.165, 1.54) is 24.9 Å². The predicted molar refractivity (Wildman–Crippen MR) is 143 cm³/mol. The molecule has 0 spiro atoms. The highest BCUT2D eigenvalue weighted by atomic mass is 35.5. The predicted octanol–water partition coefficient (Wildman–Crippen LogP) is 5.23. The zero-order chi connectivity index (χ0) is 24.4. The maximum atomic E-state index is 13.0. The monoisotopic (exact) mass is 527 g/mol. The van der Waals surface area contributed by atoms with E-state index in [9.17, 15) is 13.2 Å². The van der Waals surface area contributed by atoms with Crippen LogP contribution in [0.25, 0.3) is 10.2 Å². The van der Waals surface area contributed by atoms with Crippen molar-refractivity contribution in [3.05, 3.63) is 92.5 Å². The van der Waals surface area contributed by atoms with Crippen molar-refractivity contribution in [3.63, 3.8) is 0 Å². The van der Waals surface area contributed by atoms with Crippen LogP contribution >= 0.6 is 22.9 Å². The number of hydrogen-bond donors (Lipinski definition) is 1. The number of hydrogen-bond acceptors (Lipinski definition) is 5. The number of nitrogens with one attached hydrogen (secondary N) is 1. The molecule has 3 aromatic carbocycles. The minimum atomic E-state index is -3.74. The summed E-state index contributed by atoms with van der Waals surface area (Å²) >= 11 is 7.29. The number of halogens is 1. The van der Waals surface area contributed by atoms with Gasteiger partial charge < -0.3 is 4.90 Å². The van der Waals surface area contributed by atoms with E-state index >= 15 is 0 Å². The summed E-state index contributed by atoms with van der Waals surface area (Å²) in [6, 6.07) is 20.2. The van der Waals surface area contributed by atoms with E-state index in [2.05, 4.69) is 21.8 Å². The lowest BCUT2D eigenvalue weighted by atomic mass is 10.1. The van der Waals surface area contributed by atoms with Crippen molar-refractivity contribution in [1.29, 1.82) is 0 Å². The first kappa shape index (κ1) is 24.1. The van der Waals surface area contributed by atoms with Gasteiger partial charge in [-0.25, -0.2) is 13.1 Å². The van der Waals surface area contributed by atoms with Crippen LogP contribution < -0.4 is 14.5 Å². The van der Waals surface area contributed by atoms with Gasteiger partial charge in [-0.3, -0.25) is 9.36 Å². The van der Waals surface area contributed by atoms with E-state index in [1.54, 1.807) is 28.8 Å². The molecule has 0 saturated carbocycles. The van der Waals surface area contributed by atoms with Crippen LogP contribution in [-0.4, -0.2) is 26.1 Å². The van der Waals surface area contributed by atoms with Crippen molar-refractivity contribution in [3.8, 4) is 0 Å². The zero-order valence-corrected chi connectivity index (χ0v) is 21.5. The quantitative estimate of drug-likeness (QED) is 0.357. The lowest BCUT2D eigenvalue weighted by molar-refractivity contribution is 0.577. The average molecular weight is 528 g/mol. The molecule has 0 unspecified atom stereocenters. The summed E-state index contributed by atoms with van der Waals surface area (Å²) < 4.78 is 30.9. The normalized spacial score (nSPS) is 14.5. The number of thiazole rings is 1. The molecule has 0 atom stereocenters. The van der Waals surface area contributed by atoms with Gasteiger partial charge in [0.05, 0.1) is 21.7 Å². The maximum Gasteiger partial charge on any atom is 0.308 e. The lowest BCUT2D eigenvalue weighted by Crippen LogP contribution is -2.29. The van der Waals surface area contributed by atoms with Crippen LogP contribution in [0.15, 0.2) is 76.4 Å². The standard InChI is InChI=1S/C26H26ClN3O3S2/c27-23-7-3-2-6-20(23)18-30-24-13-12-22(16-25(24)34-26(30)31)35(32,33)28-17-19-8-10-21(11-9-19)29-14-4-1-5-15-29/h2-3,6-13,16,28H,1,4-5,14-15,17-18H2. The van der Waals surface area contributed by atoms with E-state index in [0.717, 1.165) is 35.6 Å². The molecule has 5 rings (SSSR count). The first-order chi connectivity index (χ1) is 16.9. The van der Waals surface area contributed by atoms with Gasteiger partial charge >= 0.3 is 4.87 Å². The topological polar surface area (TPSA) is 71.4 Å². The lowest BCUT2D eigenvalue weighted by Gasteiger charge is -2.28. The molecule has 2 heterocycles. The Morgan fingerprint density at radius 3 is 2.43 bits per heavy atom. The fraction of sp³-hybridized carbons (Fsp3) is 0.269. The van der Waals surface area contributed by atoms with E-state index < -0.39 is 10.0 Å². The van der Waals surface area contributed by atoms with Crippen molar-refractivity contribution in [2.75, 3.05) is 18.0 Å². The Morgan fingerprint density at radius 2 is 1.69 bits per heavy atom. The summed E-state index contributed by atoms with van der Waals surface area (Å²) in [7, 11) is -3.74. The maximum absolute atomic E-state index is 13.0.